The second kappa shape index (κ2) is 10.4. The molecule has 0 saturated carbocycles. The van der Waals surface area contributed by atoms with Crippen LogP contribution in [0.5, 0.6) is 0 Å². The second-order valence-electron chi connectivity index (χ2n) is 1.12. The van der Waals surface area contributed by atoms with Crippen LogP contribution >= 0.6 is 0 Å². The minimum atomic E-state index is -1.04. The van der Waals surface area contributed by atoms with E-state index in [-0.39, 0.29) is 6.54 Å². The molecule has 0 spiro atoms. The Morgan fingerprint density at radius 2 is 2.30 bits per heavy atom. The number of amides is 1. The summed E-state index contributed by atoms with van der Waals surface area (Å²) in [4.78, 5) is 18.9. The van der Waals surface area contributed by atoms with Crippen LogP contribution in [0.4, 0.5) is 0 Å². The van der Waals surface area contributed by atoms with E-state index in [9.17, 15) is 9.59 Å². The number of nitriles is 1. The Bertz CT molecular complexity index is 138. The number of rotatable bonds is 3. The van der Waals surface area contributed by atoms with Crippen LogP contribution in [0.15, 0.2) is 0 Å². The fourth-order valence-corrected chi connectivity index (χ4v) is 0.129. The fraction of sp³-hybridized carbons (Fsp3) is 0.400. The molecule has 0 unspecified atom stereocenters. The zero-order valence-corrected chi connectivity index (χ0v) is 5.50. The molecule has 0 aromatic carbocycles. The highest BCUT2D eigenvalue weighted by Gasteiger charge is 1.88. The minimum absolute atomic E-state index is 0.302. The number of carboxylic acids is 1. The number of aliphatic carboxylic acids is 1. The Hall–Kier alpha value is -1.57. The Morgan fingerprint density at radius 3 is 2.40 bits per heavy atom. The van der Waals surface area contributed by atoms with E-state index in [1.54, 1.807) is 6.07 Å². The fourth-order valence-electron chi connectivity index (χ4n) is 0.129. The van der Waals surface area contributed by atoms with Gasteiger partial charge in [0.2, 0.25) is 6.41 Å². The van der Waals surface area contributed by atoms with E-state index < -0.39 is 5.97 Å². The summed E-state index contributed by atoms with van der Waals surface area (Å²) in [6.45, 7) is 1.13. The molecule has 5 heteroatoms. The van der Waals surface area contributed by atoms with E-state index in [0.717, 1.165) is 0 Å². The average Bonchev–Trinajstić information content (AvgIpc) is 1.85. The van der Waals surface area contributed by atoms with Crippen LogP contribution in [-0.4, -0.2) is 24.0 Å². The van der Waals surface area contributed by atoms with Crippen molar-refractivity contribution < 1.29 is 14.7 Å². The van der Waals surface area contributed by atoms with E-state index in [1.165, 1.54) is 6.92 Å². The maximum absolute atomic E-state index is 9.54. The molecule has 0 atom stereocenters. The van der Waals surface area contributed by atoms with Gasteiger partial charge in [0.1, 0.15) is 6.54 Å². The molecular weight excluding hydrogens is 136 g/mol. The largest absolute Gasteiger partial charge is 0.480 e. The smallest absolute Gasteiger partial charge is 0.322 e. The quantitative estimate of drug-likeness (QED) is 0.515. The molecule has 2 N–H and O–H groups in total. The van der Waals surface area contributed by atoms with Crippen molar-refractivity contribution in [2.24, 2.45) is 0 Å². The van der Waals surface area contributed by atoms with Gasteiger partial charge in [-0.3, -0.25) is 9.59 Å². The third kappa shape index (κ3) is 32.1. The van der Waals surface area contributed by atoms with Crippen molar-refractivity contribution in [2.45, 2.75) is 6.92 Å². The summed E-state index contributed by atoms with van der Waals surface area (Å²) < 4.78 is 0. The first-order valence-corrected chi connectivity index (χ1v) is 2.38. The van der Waals surface area contributed by atoms with E-state index in [2.05, 4.69) is 0 Å². The van der Waals surface area contributed by atoms with Gasteiger partial charge in [0.15, 0.2) is 0 Å². The number of nitrogens with one attached hydrogen (secondary N) is 1. The van der Waals surface area contributed by atoms with Crippen LogP contribution in [0.2, 0.25) is 0 Å². The molecule has 0 heterocycles. The first-order valence-electron chi connectivity index (χ1n) is 2.38. The van der Waals surface area contributed by atoms with E-state index >= 15 is 0 Å². The Balaban J connectivity index is 0. The zero-order valence-electron chi connectivity index (χ0n) is 5.50. The van der Waals surface area contributed by atoms with Crippen molar-refractivity contribution in [1.29, 1.82) is 5.26 Å². The van der Waals surface area contributed by atoms with Gasteiger partial charge in [-0.05, 0) is 0 Å². The van der Waals surface area contributed by atoms with Gasteiger partial charge >= 0.3 is 5.97 Å². The predicted octanol–water partition coefficient (Wildman–Crippen LogP) is -0.653. The number of hydrogen-bond acceptors (Lipinski definition) is 3. The zero-order chi connectivity index (χ0) is 8.41. The Morgan fingerprint density at radius 1 is 1.90 bits per heavy atom. The number of carbonyl (C=O) groups excluding carboxylic acids is 1. The summed E-state index contributed by atoms with van der Waals surface area (Å²) >= 11 is 0. The van der Waals surface area contributed by atoms with Gasteiger partial charge in [0, 0.05) is 6.92 Å². The van der Waals surface area contributed by atoms with Crippen LogP contribution in [-0.2, 0) is 9.59 Å². The number of hydrogen-bond donors (Lipinski definition) is 2. The molecule has 5 nitrogen and oxygen atoms in total. The Labute approximate surface area is 58.3 Å². The van der Waals surface area contributed by atoms with Gasteiger partial charge in [0.25, 0.3) is 0 Å². The standard InChI is InChI=1S/C3H5NO3.C2H3N/c5-2-4-1-3(6)7;1-2-3/h2H,1H2,(H,4,5)(H,6,7);1H3. The first kappa shape index (κ1) is 11.3. The number of nitrogens with zero attached hydrogens (tertiary/aromatic N) is 1. The Kier molecular flexibility index (Phi) is 11.7. The van der Waals surface area contributed by atoms with Gasteiger partial charge in [0.05, 0.1) is 6.07 Å². The van der Waals surface area contributed by atoms with Crippen molar-refractivity contribution in [2.75, 3.05) is 6.54 Å². The second-order valence-corrected chi connectivity index (χ2v) is 1.12. The average molecular weight is 144 g/mol. The molecular formula is C5H8N2O3. The lowest BCUT2D eigenvalue weighted by Crippen LogP contribution is -2.20. The van der Waals surface area contributed by atoms with Crippen LogP contribution in [0, 0.1) is 11.3 Å². The molecule has 0 aromatic rings. The maximum Gasteiger partial charge on any atom is 0.322 e. The van der Waals surface area contributed by atoms with E-state index in [0.29, 0.717) is 6.41 Å². The van der Waals surface area contributed by atoms with Crippen LogP contribution in [0.25, 0.3) is 0 Å². The summed E-state index contributed by atoms with van der Waals surface area (Å²) in [6, 6.07) is 1.75. The highest BCUT2D eigenvalue weighted by Crippen LogP contribution is 1.51. The third-order valence-corrected chi connectivity index (χ3v) is 0.337. The predicted molar refractivity (Wildman–Crippen MR) is 33.0 cm³/mol. The molecule has 0 bridgehead atoms. The van der Waals surface area contributed by atoms with Crippen LogP contribution in [0.1, 0.15) is 6.92 Å². The number of carboxylic acid groups (broad SMARTS) is 1. The highest BCUT2D eigenvalue weighted by atomic mass is 16.4. The molecule has 0 aliphatic heterocycles. The van der Waals surface area contributed by atoms with Gasteiger partial charge in [-0.25, -0.2) is 0 Å². The lowest BCUT2D eigenvalue weighted by Gasteiger charge is -1.85. The molecule has 56 valence electrons. The summed E-state index contributed by atoms with van der Waals surface area (Å²) in [5.41, 5.74) is 0. The molecule has 10 heavy (non-hydrogen) atoms. The molecule has 0 aliphatic rings. The SMILES string of the molecule is CC#N.O=CNCC(=O)O. The van der Waals surface area contributed by atoms with Crippen molar-refractivity contribution in [3.63, 3.8) is 0 Å². The third-order valence-electron chi connectivity index (χ3n) is 0.337. The number of carbonyl (C=O) groups is 2. The lowest BCUT2D eigenvalue weighted by molar-refractivity contribution is -0.136. The molecule has 0 fully saturated rings. The van der Waals surface area contributed by atoms with Crippen molar-refractivity contribution >= 4 is 12.4 Å². The monoisotopic (exact) mass is 144 g/mol. The highest BCUT2D eigenvalue weighted by molar-refractivity contribution is 5.71. The normalized spacial score (nSPS) is 6.00. The van der Waals surface area contributed by atoms with Crippen molar-refractivity contribution in [3.05, 3.63) is 0 Å². The van der Waals surface area contributed by atoms with Crippen LogP contribution in [0.3, 0.4) is 0 Å². The summed E-state index contributed by atoms with van der Waals surface area (Å²) in [7, 11) is 0. The summed E-state index contributed by atoms with van der Waals surface area (Å²) in [5.74, 6) is -1.04. The molecule has 0 rings (SSSR count). The van der Waals surface area contributed by atoms with E-state index in [4.69, 9.17) is 10.4 Å². The molecule has 0 aromatic heterocycles. The van der Waals surface area contributed by atoms with Gasteiger partial charge in [-0.1, -0.05) is 0 Å². The lowest BCUT2D eigenvalue weighted by atomic mass is 10.7. The van der Waals surface area contributed by atoms with Crippen LogP contribution < -0.4 is 5.32 Å². The molecule has 0 saturated heterocycles. The maximum atomic E-state index is 9.54. The minimum Gasteiger partial charge on any atom is -0.480 e. The van der Waals surface area contributed by atoms with Gasteiger partial charge in [-0.15, -0.1) is 0 Å². The topological polar surface area (TPSA) is 90.2 Å². The van der Waals surface area contributed by atoms with Crippen molar-refractivity contribution in [3.8, 4) is 6.07 Å². The summed E-state index contributed by atoms with van der Waals surface area (Å²) in [5, 5.41) is 17.1. The van der Waals surface area contributed by atoms with Gasteiger partial charge < -0.3 is 10.4 Å². The molecule has 1 amide bonds. The van der Waals surface area contributed by atoms with E-state index in [1.807, 2.05) is 5.32 Å². The van der Waals surface area contributed by atoms with Gasteiger partial charge in [-0.2, -0.15) is 5.26 Å². The summed E-state index contributed by atoms with van der Waals surface area (Å²) in [6.07, 6.45) is 0.341. The van der Waals surface area contributed by atoms with Crippen molar-refractivity contribution in [1.82, 2.24) is 5.32 Å². The molecule has 0 radical (unpaired) electrons. The molecule has 0 aliphatic carbocycles. The first-order chi connectivity index (χ1) is 4.68.